The smallest absolute Gasteiger partial charge is 0.247 e. The Bertz CT molecular complexity index is 528. The number of anilines is 1. The lowest BCUT2D eigenvalue weighted by atomic mass is 10.3. The molecule has 0 saturated heterocycles. The van der Waals surface area contributed by atoms with E-state index >= 15 is 0 Å². The van der Waals surface area contributed by atoms with Crippen LogP contribution in [0.4, 0.5) is 5.69 Å². The van der Waals surface area contributed by atoms with E-state index in [2.05, 4.69) is 16.9 Å². The number of oxazole rings is 1. The molecule has 15 heavy (non-hydrogen) atoms. The molecule has 1 aromatic carbocycles. The van der Waals surface area contributed by atoms with Gasteiger partial charge in [-0.25, -0.2) is 4.98 Å². The molecule has 4 heteroatoms. The molecule has 1 heterocycles. The maximum absolute atomic E-state index is 11.0. The van der Waals surface area contributed by atoms with Crippen molar-refractivity contribution < 1.29 is 9.21 Å². The second-order valence-corrected chi connectivity index (χ2v) is 3.11. The fourth-order valence-electron chi connectivity index (χ4n) is 1.31. The number of nitrogens with one attached hydrogen (secondary N) is 1. The number of aromatic nitrogens is 1. The van der Waals surface area contributed by atoms with E-state index in [1.54, 1.807) is 25.1 Å². The minimum atomic E-state index is -0.241. The summed E-state index contributed by atoms with van der Waals surface area (Å²) in [6.45, 7) is 5.16. The van der Waals surface area contributed by atoms with Crippen molar-refractivity contribution in [1.29, 1.82) is 0 Å². The SMILES string of the molecule is C=CC(=O)Nc1ccc2oc(C)nc2c1. The van der Waals surface area contributed by atoms with Gasteiger partial charge < -0.3 is 9.73 Å². The molecule has 0 radical (unpaired) electrons. The lowest BCUT2D eigenvalue weighted by Gasteiger charge is -2.00. The number of benzene rings is 1. The quantitative estimate of drug-likeness (QED) is 0.760. The van der Waals surface area contributed by atoms with Gasteiger partial charge in [0.15, 0.2) is 11.5 Å². The van der Waals surface area contributed by atoms with Gasteiger partial charge in [-0.3, -0.25) is 4.79 Å². The molecule has 2 aromatic rings. The number of amides is 1. The molecule has 0 atom stereocenters. The molecule has 0 spiro atoms. The highest BCUT2D eigenvalue weighted by molar-refractivity contribution is 5.99. The van der Waals surface area contributed by atoms with Crippen LogP contribution in [0.5, 0.6) is 0 Å². The van der Waals surface area contributed by atoms with Crippen molar-refractivity contribution in [2.24, 2.45) is 0 Å². The van der Waals surface area contributed by atoms with E-state index in [0.717, 1.165) is 5.52 Å². The molecule has 0 fully saturated rings. The van der Waals surface area contributed by atoms with Crippen LogP contribution in [-0.4, -0.2) is 10.9 Å². The van der Waals surface area contributed by atoms with E-state index in [1.807, 2.05) is 0 Å². The van der Waals surface area contributed by atoms with Crippen molar-refractivity contribution in [3.63, 3.8) is 0 Å². The Morgan fingerprint density at radius 1 is 1.60 bits per heavy atom. The Labute approximate surface area is 86.6 Å². The standard InChI is InChI=1S/C11H10N2O2/c1-3-11(14)13-8-4-5-10-9(6-8)12-7(2)15-10/h3-6H,1H2,2H3,(H,13,14). The highest BCUT2D eigenvalue weighted by atomic mass is 16.3. The van der Waals surface area contributed by atoms with Crippen LogP contribution in [0.15, 0.2) is 35.3 Å². The van der Waals surface area contributed by atoms with Crippen molar-refractivity contribution in [2.45, 2.75) is 6.92 Å². The summed E-state index contributed by atoms with van der Waals surface area (Å²) in [5, 5.41) is 2.65. The normalized spacial score (nSPS) is 10.2. The fourth-order valence-corrected chi connectivity index (χ4v) is 1.31. The Morgan fingerprint density at radius 3 is 3.13 bits per heavy atom. The van der Waals surface area contributed by atoms with Crippen LogP contribution in [0.2, 0.25) is 0 Å². The van der Waals surface area contributed by atoms with Crippen LogP contribution in [0, 0.1) is 6.92 Å². The summed E-state index contributed by atoms with van der Waals surface area (Å²) in [6, 6.07) is 5.29. The molecule has 1 amide bonds. The van der Waals surface area contributed by atoms with Crippen molar-refractivity contribution in [1.82, 2.24) is 4.98 Å². The average molecular weight is 202 g/mol. The lowest BCUT2D eigenvalue weighted by molar-refractivity contribution is -0.111. The van der Waals surface area contributed by atoms with Crippen molar-refractivity contribution in [3.05, 3.63) is 36.7 Å². The van der Waals surface area contributed by atoms with Gasteiger partial charge in [0, 0.05) is 12.6 Å². The summed E-state index contributed by atoms with van der Waals surface area (Å²) in [6.07, 6.45) is 1.22. The first-order valence-electron chi connectivity index (χ1n) is 4.49. The maximum Gasteiger partial charge on any atom is 0.247 e. The van der Waals surface area contributed by atoms with Crippen LogP contribution in [0.1, 0.15) is 5.89 Å². The summed E-state index contributed by atoms with van der Waals surface area (Å²) in [5.74, 6) is 0.367. The fraction of sp³-hybridized carbons (Fsp3) is 0.0909. The van der Waals surface area contributed by atoms with E-state index in [0.29, 0.717) is 17.2 Å². The molecule has 0 aliphatic rings. The molecular formula is C11H10N2O2. The Kier molecular flexibility index (Phi) is 2.25. The van der Waals surface area contributed by atoms with Gasteiger partial charge in [0.1, 0.15) is 5.52 Å². The predicted molar refractivity (Wildman–Crippen MR) is 57.6 cm³/mol. The molecule has 76 valence electrons. The van der Waals surface area contributed by atoms with E-state index in [1.165, 1.54) is 6.08 Å². The molecule has 0 unspecified atom stereocenters. The minimum Gasteiger partial charge on any atom is -0.441 e. The minimum absolute atomic E-state index is 0.241. The molecular weight excluding hydrogens is 192 g/mol. The van der Waals surface area contributed by atoms with Crippen LogP contribution < -0.4 is 5.32 Å². The Hall–Kier alpha value is -2.10. The molecule has 1 N–H and O–H groups in total. The highest BCUT2D eigenvalue weighted by Gasteiger charge is 2.03. The van der Waals surface area contributed by atoms with Gasteiger partial charge in [-0.2, -0.15) is 0 Å². The van der Waals surface area contributed by atoms with Gasteiger partial charge >= 0.3 is 0 Å². The van der Waals surface area contributed by atoms with Crippen molar-refractivity contribution in [2.75, 3.05) is 5.32 Å². The monoisotopic (exact) mass is 202 g/mol. The number of rotatable bonds is 2. The summed E-state index contributed by atoms with van der Waals surface area (Å²) >= 11 is 0. The zero-order valence-electron chi connectivity index (χ0n) is 8.28. The van der Waals surface area contributed by atoms with E-state index in [9.17, 15) is 4.79 Å². The first kappa shape index (κ1) is 9.45. The molecule has 0 saturated carbocycles. The van der Waals surface area contributed by atoms with Gasteiger partial charge in [-0.15, -0.1) is 0 Å². The average Bonchev–Trinajstić information content (AvgIpc) is 2.57. The molecule has 0 aliphatic carbocycles. The number of carbonyl (C=O) groups excluding carboxylic acids is 1. The van der Waals surface area contributed by atoms with Crippen LogP contribution in [0.3, 0.4) is 0 Å². The van der Waals surface area contributed by atoms with E-state index < -0.39 is 0 Å². The predicted octanol–water partition coefficient (Wildman–Crippen LogP) is 2.26. The Balaban J connectivity index is 2.37. The molecule has 4 nitrogen and oxygen atoms in total. The third-order valence-electron chi connectivity index (χ3n) is 1.95. The second-order valence-electron chi connectivity index (χ2n) is 3.11. The first-order chi connectivity index (χ1) is 7.19. The number of carbonyl (C=O) groups is 1. The Morgan fingerprint density at radius 2 is 2.40 bits per heavy atom. The third-order valence-corrected chi connectivity index (χ3v) is 1.95. The zero-order chi connectivity index (χ0) is 10.8. The highest BCUT2D eigenvalue weighted by Crippen LogP contribution is 2.19. The van der Waals surface area contributed by atoms with E-state index in [4.69, 9.17) is 4.42 Å². The molecule has 2 rings (SSSR count). The summed E-state index contributed by atoms with van der Waals surface area (Å²) in [4.78, 5) is 15.2. The summed E-state index contributed by atoms with van der Waals surface area (Å²) in [5.41, 5.74) is 2.12. The lowest BCUT2D eigenvalue weighted by Crippen LogP contribution is -2.06. The van der Waals surface area contributed by atoms with Gasteiger partial charge in [-0.05, 0) is 24.3 Å². The zero-order valence-corrected chi connectivity index (χ0v) is 8.28. The topological polar surface area (TPSA) is 55.1 Å². The van der Waals surface area contributed by atoms with Crippen molar-refractivity contribution >= 4 is 22.7 Å². The van der Waals surface area contributed by atoms with Gasteiger partial charge in [-0.1, -0.05) is 6.58 Å². The van der Waals surface area contributed by atoms with Gasteiger partial charge in [0.05, 0.1) is 0 Å². The number of hydrogen-bond acceptors (Lipinski definition) is 3. The van der Waals surface area contributed by atoms with Crippen molar-refractivity contribution in [3.8, 4) is 0 Å². The number of hydrogen-bond donors (Lipinski definition) is 1. The second kappa shape index (κ2) is 3.57. The van der Waals surface area contributed by atoms with Gasteiger partial charge in [0.25, 0.3) is 0 Å². The van der Waals surface area contributed by atoms with Gasteiger partial charge in [0.2, 0.25) is 5.91 Å². The molecule has 1 aromatic heterocycles. The first-order valence-corrected chi connectivity index (χ1v) is 4.49. The number of fused-ring (bicyclic) bond motifs is 1. The summed E-state index contributed by atoms with van der Waals surface area (Å²) < 4.78 is 5.31. The van der Waals surface area contributed by atoms with Crippen LogP contribution >= 0.6 is 0 Å². The largest absolute Gasteiger partial charge is 0.441 e. The molecule has 0 aliphatic heterocycles. The van der Waals surface area contributed by atoms with Crippen LogP contribution in [0.25, 0.3) is 11.1 Å². The van der Waals surface area contributed by atoms with Crippen LogP contribution in [-0.2, 0) is 4.79 Å². The summed E-state index contributed by atoms with van der Waals surface area (Å²) in [7, 11) is 0. The molecule has 0 bridgehead atoms. The number of nitrogens with zero attached hydrogens (tertiary/aromatic N) is 1. The maximum atomic E-state index is 11.0. The number of aryl methyl sites for hydroxylation is 1. The van der Waals surface area contributed by atoms with E-state index in [-0.39, 0.29) is 5.91 Å². The third kappa shape index (κ3) is 1.88.